The van der Waals surface area contributed by atoms with Crippen molar-refractivity contribution in [1.29, 1.82) is 0 Å². The molecule has 0 fully saturated rings. The third-order valence-electron chi connectivity index (χ3n) is 3.92. The first-order chi connectivity index (χ1) is 10.2. The van der Waals surface area contributed by atoms with Crippen LogP contribution in [0, 0.1) is 0 Å². The second-order valence-corrected chi connectivity index (χ2v) is 5.96. The van der Waals surface area contributed by atoms with Gasteiger partial charge in [0.05, 0.1) is 0 Å². The van der Waals surface area contributed by atoms with Gasteiger partial charge in [-0.15, -0.1) is 6.58 Å². The lowest BCUT2D eigenvalue weighted by molar-refractivity contribution is -0.149. The summed E-state index contributed by atoms with van der Waals surface area (Å²) in [5.74, 6) is 0.00464. The van der Waals surface area contributed by atoms with E-state index in [1.807, 2.05) is 6.08 Å². The van der Waals surface area contributed by atoms with Crippen molar-refractivity contribution in [2.45, 2.75) is 103 Å². The van der Waals surface area contributed by atoms with Gasteiger partial charge in [0.25, 0.3) is 0 Å². The minimum atomic E-state index is 0.00464. The van der Waals surface area contributed by atoms with Gasteiger partial charge in [0.2, 0.25) is 0 Å². The van der Waals surface area contributed by atoms with Crippen LogP contribution in [0.15, 0.2) is 12.7 Å². The Hall–Kier alpha value is -0.790. The second kappa shape index (κ2) is 15.6. The number of carbonyl (C=O) groups excluding carboxylic acids is 1. The molecule has 0 N–H and O–H groups in total. The second-order valence-electron chi connectivity index (χ2n) is 5.96. The molecule has 0 spiro atoms. The zero-order chi connectivity index (χ0) is 15.8. The molecule has 0 aliphatic heterocycles. The van der Waals surface area contributed by atoms with Gasteiger partial charge < -0.3 is 4.74 Å². The zero-order valence-electron chi connectivity index (χ0n) is 14.4. The van der Waals surface area contributed by atoms with Crippen LogP contribution in [0.5, 0.6) is 0 Å². The van der Waals surface area contributed by atoms with E-state index in [-0.39, 0.29) is 12.1 Å². The van der Waals surface area contributed by atoms with Gasteiger partial charge in [-0.05, 0) is 38.5 Å². The molecule has 0 aliphatic carbocycles. The van der Waals surface area contributed by atoms with Crippen LogP contribution in [0.1, 0.15) is 97.3 Å². The van der Waals surface area contributed by atoms with Crippen molar-refractivity contribution in [3.05, 3.63) is 12.7 Å². The molecule has 0 aromatic rings. The number of carbonyl (C=O) groups is 1. The Kier molecular flexibility index (Phi) is 15.0. The highest BCUT2D eigenvalue weighted by atomic mass is 16.5. The Morgan fingerprint density at radius 3 is 2.29 bits per heavy atom. The smallest absolute Gasteiger partial charge is 0.306 e. The van der Waals surface area contributed by atoms with E-state index in [1.54, 1.807) is 0 Å². The first-order valence-corrected chi connectivity index (χ1v) is 9.04. The van der Waals surface area contributed by atoms with E-state index in [0.717, 1.165) is 32.1 Å². The fraction of sp³-hybridized carbons (Fsp3) is 0.842. The van der Waals surface area contributed by atoms with Crippen molar-refractivity contribution in [3.8, 4) is 0 Å². The topological polar surface area (TPSA) is 26.3 Å². The van der Waals surface area contributed by atoms with Crippen molar-refractivity contribution in [2.75, 3.05) is 0 Å². The fourth-order valence-corrected chi connectivity index (χ4v) is 2.48. The molecule has 0 rings (SSSR count). The third-order valence-corrected chi connectivity index (χ3v) is 3.92. The van der Waals surface area contributed by atoms with E-state index in [0.29, 0.717) is 6.42 Å². The largest absolute Gasteiger partial charge is 0.462 e. The number of esters is 1. The molecule has 0 aromatic carbocycles. The van der Waals surface area contributed by atoms with Crippen LogP contribution < -0.4 is 0 Å². The third kappa shape index (κ3) is 13.9. The molecule has 1 atom stereocenters. The molecule has 2 nitrogen and oxygen atoms in total. The molecule has 0 saturated carbocycles. The highest BCUT2D eigenvalue weighted by molar-refractivity contribution is 5.69. The lowest BCUT2D eigenvalue weighted by Crippen LogP contribution is -2.17. The monoisotopic (exact) mass is 296 g/mol. The summed E-state index contributed by atoms with van der Waals surface area (Å²) in [6.45, 7) is 8.03. The number of hydrogen-bond acceptors (Lipinski definition) is 2. The first kappa shape index (κ1) is 20.2. The summed E-state index contributed by atoms with van der Waals surface area (Å²) in [7, 11) is 0. The maximum Gasteiger partial charge on any atom is 0.306 e. The van der Waals surface area contributed by atoms with Crippen LogP contribution in [-0.2, 0) is 9.53 Å². The number of allylic oxidation sites excluding steroid dienone is 1. The standard InChI is InChI=1S/C19H36O2/c1-4-7-9-10-11-12-13-15-17-19(20)21-18(6-3)16-14-8-5-2/h4,18H,1,5-17H2,2-3H3. The van der Waals surface area contributed by atoms with Gasteiger partial charge in [0, 0.05) is 6.42 Å². The van der Waals surface area contributed by atoms with Crippen LogP contribution in [0.25, 0.3) is 0 Å². The molecule has 124 valence electrons. The Labute approximate surface area is 132 Å². The normalized spacial score (nSPS) is 12.1. The van der Waals surface area contributed by atoms with E-state index in [2.05, 4.69) is 20.4 Å². The van der Waals surface area contributed by atoms with Gasteiger partial charge in [0.15, 0.2) is 0 Å². The number of unbranched alkanes of at least 4 members (excludes halogenated alkanes) is 8. The van der Waals surface area contributed by atoms with Crippen LogP contribution in [0.4, 0.5) is 0 Å². The molecule has 0 amide bonds. The van der Waals surface area contributed by atoms with Crippen molar-refractivity contribution >= 4 is 5.97 Å². The summed E-state index contributed by atoms with van der Waals surface area (Å²) in [6, 6.07) is 0. The summed E-state index contributed by atoms with van der Waals surface area (Å²) in [5.41, 5.74) is 0. The Balaban J connectivity index is 3.48. The minimum Gasteiger partial charge on any atom is -0.462 e. The minimum absolute atomic E-state index is 0.00464. The van der Waals surface area contributed by atoms with Gasteiger partial charge in [-0.25, -0.2) is 0 Å². The van der Waals surface area contributed by atoms with Crippen molar-refractivity contribution < 1.29 is 9.53 Å². The Morgan fingerprint density at radius 1 is 1.00 bits per heavy atom. The van der Waals surface area contributed by atoms with Gasteiger partial charge in [-0.1, -0.05) is 58.4 Å². The quantitative estimate of drug-likeness (QED) is 0.204. The predicted molar refractivity (Wildman–Crippen MR) is 91.4 cm³/mol. The van der Waals surface area contributed by atoms with E-state index in [4.69, 9.17) is 4.74 Å². The molecular weight excluding hydrogens is 260 g/mol. The Morgan fingerprint density at radius 2 is 1.67 bits per heavy atom. The average Bonchev–Trinajstić information content (AvgIpc) is 2.49. The van der Waals surface area contributed by atoms with Gasteiger partial charge >= 0.3 is 5.97 Å². The maximum absolute atomic E-state index is 11.8. The molecule has 0 aromatic heterocycles. The van der Waals surface area contributed by atoms with E-state index >= 15 is 0 Å². The molecule has 2 heteroatoms. The number of ether oxygens (including phenoxy) is 1. The highest BCUT2D eigenvalue weighted by Crippen LogP contribution is 2.13. The molecule has 0 bridgehead atoms. The zero-order valence-corrected chi connectivity index (χ0v) is 14.4. The predicted octanol–water partition coefficient (Wildman–Crippen LogP) is 6.20. The lowest BCUT2D eigenvalue weighted by atomic mass is 10.1. The summed E-state index contributed by atoms with van der Waals surface area (Å²) >= 11 is 0. The number of rotatable bonds is 15. The summed E-state index contributed by atoms with van der Waals surface area (Å²) in [4.78, 5) is 11.8. The fourth-order valence-electron chi connectivity index (χ4n) is 2.48. The molecule has 0 heterocycles. The highest BCUT2D eigenvalue weighted by Gasteiger charge is 2.11. The molecular formula is C19H36O2. The molecule has 1 unspecified atom stereocenters. The van der Waals surface area contributed by atoms with Crippen LogP contribution in [-0.4, -0.2) is 12.1 Å². The van der Waals surface area contributed by atoms with Gasteiger partial charge in [0.1, 0.15) is 6.10 Å². The van der Waals surface area contributed by atoms with E-state index < -0.39 is 0 Å². The van der Waals surface area contributed by atoms with Crippen LogP contribution in [0.2, 0.25) is 0 Å². The maximum atomic E-state index is 11.8. The van der Waals surface area contributed by atoms with Crippen molar-refractivity contribution in [2.24, 2.45) is 0 Å². The van der Waals surface area contributed by atoms with E-state index in [1.165, 1.54) is 44.9 Å². The summed E-state index contributed by atoms with van der Waals surface area (Å²) in [6.07, 6.45) is 16.6. The molecule has 0 saturated heterocycles. The molecule has 0 aliphatic rings. The lowest BCUT2D eigenvalue weighted by Gasteiger charge is -2.16. The van der Waals surface area contributed by atoms with Crippen molar-refractivity contribution in [3.63, 3.8) is 0 Å². The van der Waals surface area contributed by atoms with Gasteiger partial charge in [-0.2, -0.15) is 0 Å². The SMILES string of the molecule is C=CCCCCCCCCC(=O)OC(CC)CCCCC. The first-order valence-electron chi connectivity index (χ1n) is 9.04. The number of hydrogen-bond donors (Lipinski definition) is 0. The Bertz CT molecular complexity index is 248. The molecule has 21 heavy (non-hydrogen) atoms. The molecule has 0 radical (unpaired) electrons. The van der Waals surface area contributed by atoms with Gasteiger partial charge in [-0.3, -0.25) is 4.79 Å². The van der Waals surface area contributed by atoms with E-state index in [9.17, 15) is 4.79 Å². The average molecular weight is 296 g/mol. The van der Waals surface area contributed by atoms with Crippen LogP contribution in [0.3, 0.4) is 0 Å². The summed E-state index contributed by atoms with van der Waals surface area (Å²) < 4.78 is 5.56. The van der Waals surface area contributed by atoms with Crippen LogP contribution >= 0.6 is 0 Å². The summed E-state index contributed by atoms with van der Waals surface area (Å²) in [5, 5.41) is 0. The van der Waals surface area contributed by atoms with Crippen molar-refractivity contribution in [1.82, 2.24) is 0 Å².